The van der Waals surface area contributed by atoms with Crippen LogP contribution in [0.15, 0.2) is 0 Å². The zero-order valence-corrected chi connectivity index (χ0v) is 9.45. The molecule has 0 radical (unpaired) electrons. The molecule has 0 aromatic carbocycles. The normalized spacial score (nSPS) is 13.9. The second-order valence-corrected chi connectivity index (χ2v) is 4.57. The second-order valence-electron chi connectivity index (χ2n) is 4.57. The van der Waals surface area contributed by atoms with Crippen LogP contribution in [-0.4, -0.2) is 46.8 Å². The van der Waals surface area contributed by atoms with Gasteiger partial charge in [-0.15, -0.1) is 0 Å². The number of nitrogens with zero attached hydrogens (tertiary/aromatic N) is 1. The van der Waals surface area contributed by atoms with Gasteiger partial charge in [0.2, 0.25) is 5.91 Å². The van der Waals surface area contributed by atoms with E-state index in [1.54, 1.807) is 6.92 Å². The first-order chi connectivity index (χ1) is 6.29. The highest BCUT2D eigenvalue weighted by Crippen LogP contribution is 2.17. The lowest BCUT2D eigenvalue weighted by atomic mass is 9.94. The molecule has 0 aliphatic carbocycles. The van der Waals surface area contributed by atoms with Crippen LogP contribution < -0.4 is 0 Å². The van der Waals surface area contributed by atoms with E-state index < -0.39 is 11.5 Å². The lowest BCUT2D eigenvalue weighted by Gasteiger charge is -2.29. The average Bonchev–Trinajstić information content (AvgIpc) is 2.00. The quantitative estimate of drug-likeness (QED) is 0.688. The molecule has 0 heterocycles. The molecule has 84 valence electrons. The van der Waals surface area contributed by atoms with Crippen LogP contribution in [0.2, 0.25) is 0 Å². The van der Waals surface area contributed by atoms with Crippen molar-refractivity contribution in [1.29, 1.82) is 0 Å². The van der Waals surface area contributed by atoms with Crippen molar-refractivity contribution in [3.8, 4) is 0 Å². The van der Waals surface area contributed by atoms with Crippen LogP contribution in [0.5, 0.6) is 0 Å². The molecule has 2 N–H and O–H groups in total. The van der Waals surface area contributed by atoms with Gasteiger partial charge in [0.15, 0.2) is 0 Å². The Balaban J connectivity index is 4.41. The molecule has 0 aliphatic rings. The number of hydrogen-bond acceptors (Lipinski definition) is 3. The molecule has 0 saturated heterocycles. The molecule has 0 bridgehead atoms. The summed E-state index contributed by atoms with van der Waals surface area (Å²) >= 11 is 0. The number of rotatable bonds is 4. The Morgan fingerprint density at radius 2 is 1.93 bits per heavy atom. The number of aliphatic hydroxyl groups excluding tert-OH is 2. The first-order valence-corrected chi connectivity index (χ1v) is 4.87. The van der Waals surface area contributed by atoms with Gasteiger partial charge in [-0.2, -0.15) is 0 Å². The Morgan fingerprint density at radius 3 is 2.21 bits per heavy atom. The van der Waals surface area contributed by atoms with Gasteiger partial charge in [0.25, 0.3) is 0 Å². The minimum absolute atomic E-state index is 0.0487. The maximum atomic E-state index is 11.8. The molecule has 0 rings (SSSR count). The van der Waals surface area contributed by atoms with Crippen LogP contribution >= 0.6 is 0 Å². The third kappa shape index (κ3) is 4.58. The molecule has 1 amide bonds. The van der Waals surface area contributed by atoms with Crippen LogP contribution in [0, 0.1) is 5.41 Å². The molecule has 4 heteroatoms. The molecule has 14 heavy (non-hydrogen) atoms. The fourth-order valence-electron chi connectivity index (χ4n) is 1.19. The van der Waals surface area contributed by atoms with Crippen LogP contribution in [0.4, 0.5) is 0 Å². The zero-order valence-electron chi connectivity index (χ0n) is 9.45. The monoisotopic (exact) mass is 203 g/mol. The smallest absolute Gasteiger partial charge is 0.228 e. The maximum Gasteiger partial charge on any atom is 0.228 e. The van der Waals surface area contributed by atoms with Crippen molar-refractivity contribution in [3.63, 3.8) is 0 Å². The predicted molar refractivity (Wildman–Crippen MR) is 54.8 cm³/mol. The minimum atomic E-state index is -0.562. The van der Waals surface area contributed by atoms with Gasteiger partial charge in [-0.3, -0.25) is 4.79 Å². The Hall–Kier alpha value is -0.610. The summed E-state index contributed by atoms with van der Waals surface area (Å²) in [6, 6.07) is 0. The standard InChI is InChI=1S/C10H21NO3/c1-8(13)7-11(5-6-12)9(14)10(2,3)4/h8,12-13H,5-7H2,1-4H3. The van der Waals surface area contributed by atoms with Crippen LogP contribution in [0.1, 0.15) is 27.7 Å². The van der Waals surface area contributed by atoms with Crippen molar-refractivity contribution in [2.24, 2.45) is 5.41 Å². The van der Waals surface area contributed by atoms with Crippen molar-refractivity contribution in [2.45, 2.75) is 33.8 Å². The summed E-state index contributed by atoms with van der Waals surface area (Å²) in [7, 11) is 0. The number of aliphatic hydroxyl groups is 2. The number of carbonyl (C=O) groups is 1. The Kier molecular flexibility index (Phi) is 5.08. The van der Waals surface area contributed by atoms with Gasteiger partial charge in [-0.25, -0.2) is 0 Å². The summed E-state index contributed by atoms with van der Waals surface area (Å²) in [5.74, 6) is -0.0487. The van der Waals surface area contributed by atoms with E-state index >= 15 is 0 Å². The summed E-state index contributed by atoms with van der Waals surface area (Å²) in [4.78, 5) is 13.3. The van der Waals surface area contributed by atoms with Crippen molar-refractivity contribution in [2.75, 3.05) is 19.7 Å². The van der Waals surface area contributed by atoms with Gasteiger partial charge < -0.3 is 15.1 Å². The molecule has 0 saturated carbocycles. The molecular weight excluding hydrogens is 182 g/mol. The summed E-state index contributed by atoms with van der Waals surface area (Å²) in [5, 5.41) is 18.0. The first-order valence-electron chi connectivity index (χ1n) is 4.87. The number of amides is 1. The molecule has 1 atom stereocenters. The molecule has 4 nitrogen and oxygen atoms in total. The third-order valence-corrected chi connectivity index (χ3v) is 1.78. The molecule has 0 aromatic heterocycles. The van der Waals surface area contributed by atoms with Gasteiger partial charge in [0, 0.05) is 18.5 Å². The van der Waals surface area contributed by atoms with Gasteiger partial charge in [-0.1, -0.05) is 20.8 Å². The van der Waals surface area contributed by atoms with Gasteiger partial charge in [-0.05, 0) is 6.92 Å². The molecule has 1 unspecified atom stereocenters. The summed E-state index contributed by atoms with van der Waals surface area (Å²) in [6.45, 7) is 7.57. The SMILES string of the molecule is CC(O)CN(CCO)C(=O)C(C)(C)C. The van der Waals surface area contributed by atoms with Crippen LogP contribution in [-0.2, 0) is 4.79 Å². The van der Waals surface area contributed by atoms with E-state index in [4.69, 9.17) is 5.11 Å². The minimum Gasteiger partial charge on any atom is -0.395 e. The van der Waals surface area contributed by atoms with Gasteiger partial charge >= 0.3 is 0 Å². The molecule has 0 spiro atoms. The van der Waals surface area contributed by atoms with E-state index in [9.17, 15) is 9.90 Å². The Labute approximate surface area is 85.5 Å². The van der Waals surface area contributed by atoms with Gasteiger partial charge in [0.1, 0.15) is 0 Å². The largest absolute Gasteiger partial charge is 0.395 e. The van der Waals surface area contributed by atoms with E-state index in [0.717, 1.165) is 0 Å². The van der Waals surface area contributed by atoms with E-state index in [1.807, 2.05) is 20.8 Å². The van der Waals surface area contributed by atoms with E-state index in [1.165, 1.54) is 4.90 Å². The average molecular weight is 203 g/mol. The predicted octanol–water partition coefficient (Wildman–Crippen LogP) is 0.234. The van der Waals surface area contributed by atoms with Crippen LogP contribution in [0.25, 0.3) is 0 Å². The van der Waals surface area contributed by atoms with Crippen molar-refractivity contribution in [3.05, 3.63) is 0 Å². The topological polar surface area (TPSA) is 60.8 Å². The summed E-state index contributed by atoms with van der Waals surface area (Å²) in [6.07, 6.45) is -0.562. The van der Waals surface area contributed by atoms with E-state index in [-0.39, 0.29) is 25.6 Å². The second kappa shape index (κ2) is 5.32. The van der Waals surface area contributed by atoms with Crippen molar-refractivity contribution in [1.82, 2.24) is 4.90 Å². The van der Waals surface area contributed by atoms with Crippen molar-refractivity contribution >= 4 is 5.91 Å². The fraction of sp³-hybridized carbons (Fsp3) is 0.900. The highest BCUT2D eigenvalue weighted by atomic mass is 16.3. The summed E-state index contributed by atoms with van der Waals surface area (Å²) < 4.78 is 0. The van der Waals surface area contributed by atoms with Gasteiger partial charge in [0.05, 0.1) is 12.7 Å². The lowest BCUT2D eigenvalue weighted by molar-refractivity contribution is -0.141. The molecule has 0 aromatic rings. The molecular formula is C10H21NO3. The highest BCUT2D eigenvalue weighted by molar-refractivity contribution is 5.81. The fourth-order valence-corrected chi connectivity index (χ4v) is 1.19. The zero-order chi connectivity index (χ0) is 11.4. The third-order valence-electron chi connectivity index (χ3n) is 1.78. The molecule has 0 aliphatic heterocycles. The first kappa shape index (κ1) is 13.4. The highest BCUT2D eigenvalue weighted by Gasteiger charge is 2.27. The number of carbonyl (C=O) groups excluding carboxylic acids is 1. The van der Waals surface area contributed by atoms with Crippen LogP contribution in [0.3, 0.4) is 0 Å². The Bertz CT molecular complexity index is 184. The lowest BCUT2D eigenvalue weighted by Crippen LogP contribution is -2.44. The summed E-state index contributed by atoms with van der Waals surface area (Å²) in [5.41, 5.74) is -0.468. The van der Waals surface area contributed by atoms with E-state index in [2.05, 4.69) is 0 Å². The maximum absolute atomic E-state index is 11.8. The Morgan fingerprint density at radius 1 is 1.43 bits per heavy atom. The van der Waals surface area contributed by atoms with E-state index in [0.29, 0.717) is 0 Å². The molecule has 0 fully saturated rings. The number of hydrogen-bond donors (Lipinski definition) is 2. The van der Waals surface area contributed by atoms with Crippen molar-refractivity contribution < 1.29 is 15.0 Å².